The molecule has 0 saturated carbocycles. The molecule has 0 aliphatic rings. The number of benzene rings is 1. The molecule has 0 fully saturated rings. The number of hydroxylamine groups is 1. The van der Waals surface area contributed by atoms with Gasteiger partial charge in [-0.25, -0.2) is 10.5 Å². The Labute approximate surface area is 96.2 Å². The fraction of sp³-hybridized carbons (Fsp3) is 0.300. The van der Waals surface area contributed by atoms with Gasteiger partial charge in [0.25, 0.3) is 0 Å². The molecule has 0 aliphatic carbocycles. The van der Waals surface area contributed by atoms with Gasteiger partial charge < -0.3 is 5.73 Å². The van der Waals surface area contributed by atoms with Crippen LogP contribution in [0.2, 0.25) is 0 Å². The first-order chi connectivity index (χ1) is 7.97. The van der Waals surface area contributed by atoms with Crippen LogP contribution in [0.5, 0.6) is 0 Å². The highest BCUT2D eigenvalue weighted by molar-refractivity contribution is 5.76. The summed E-state index contributed by atoms with van der Waals surface area (Å²) in [5.41, 5.74) is 8.11. The van der Waals surface area contributed by atoms with Crippen molar-refractivity contribution in [1.82, 2.24) is 5.48 Å². The van der Waals surface area contributed by atoms with Gasteiger partial charge in [0, 0.05) is 0 Å². The van der Waals surface area contributed by atoms with E-state index in [0.29, 0.717) is 0 Å². The summed E-state index contributed by atoms with van der Waals surface area (Å²) < 4.78 is 35.1. The fourth-order valence-corrected chi connectivity index (χ4v) is 0.984. The standard InChI is InChI=1S/C10H12F3N3O/c11-10(12,13)7-17-16-9(14)15-6-8-4-2-1-3-5-8/h1-5H,6-7H2,(H3,14,15,16). The predicted molar refractivity (Wildman–Crippen MR) is 56.9 cm³/mol. The van der Waals surface area contributed by atoms with Crippen LogP contribution in [0.25, 0.3) is 0 Å². The van der Waals surface area contributed by atoms with E-state index in [-0.39, 0.29) is 12.5 Å². The Hall–Kier alpha value is -1.76. The molecule has 1 aromatic rings. The lowest BCUT2D eigenvalue weighted by Crippen LogP contribution is -2.35. The van der Waals surface area contributed by atoms with Crippen molar-refractivity contribution in [1.29, 1.82) is 0 Å². The van der Waals surface area contributed by atoms with Crippen LogP contribution < -0.4 is 11.2 Å². The van der Waals surface area contributed by atoms with Crippen molar-refractivity contribution in [2.45, 2.75) is 12.7 Å². The van der Waals surface area contributed by atoms with E-state index in [4.69, 9.17) is 5.73 Å². The molecule has 0 atom stereocenters. The number of hydrogen-bond acceptors (Lipinski definition) is 2. The molecule has 0 amide bonds. The molecule has 0 aromatic heterocycles. The lowest BCUT2D eigenvalue weighted by molar-refractivity contribution is -0.182. The van der Waals surface area contributed by atoms with Crippen molar-refractivity contribution in [3.63, 3.8) is 0 Å². The first-order valence-electron chi connectivity index (χ1n) is 4.76. The van der Waals surface area contributed by atoms with E-state index < -0.39 is 12.8 Å². The highest BCUT2D eigenvalue weighted by Gasteiger charge is 2.27. The smallest absolute Gasteiger partial charge is 0.368 e. The lowest BCUT2D eigenvalue weighted by atomic mass is 10.2. The number of hydrogen-bond donors (Lipinski definition) is 2. The van der Waals surface area contributed by atoms with Crippen LogP contribution in [0.15, 0.2) is 35.3 Å². The van der Waals surface area contributed by atoms with E-state index in [9.17, 15) is 13.2 Å². The third kappa shape index (κ3) is 6.41. The van der Waals surface area contributed by atoms with Gasteiger partial charge >= 0.3 is 6.18 Å². The molecule has 17 heavy (non-hydrogen) atoms. The highest BCUT2D eigenvalue weighted by atomic mass is 19.4. The second-order valence-electron chi connectivity index (χ2n) is 3.19. The van der Waals surface area contributed by atoms with Crippen LogP contribution in [0.4, 0.5) is 13.2 Å². The summed E-state index contributed by atoms with van der Waals surface area (Å²) in [7, 11) is 0. The van der Waals surface area contributed by atoms with E-state index in [0.717, 1.165) is 5.56 Å². The summed E-state index contributed by atoms with van der Waals surface area (Å²) in [5.74, 6) is -0.196. The number of nitrogens with zero attached hydrogens (tertiary/aromatic N) is 1. The van der Waals surface area contributed by atoms with E-state index in [1.807, 2.05) is 35.8 Å². The third-order valence-corrected chi connectivity index (χ3v) is 1.69. The van der Waals surface area contributed by atoms with Gasteiger partial charge in [-0.1, -0.05) is 30.3 Å². The monoisotopic (exact) mass is 247 g/mol. The van der Waals surface area contributed by atoms with Gasteiger partial charge in [-0.3, -0.25) is 4.84 Å². The summed E-state index contributed by atoms with van der Waals surface area (Å²) in [6.07, 6.45) is -4.40. The van der Waals surface area contributed by atoms with Crippen molar-refractivity contribution in [2.24, 2.45) is 10.7 Å². The summed E-state index contributed by atoms with van der Waals surface area (Å²) in [4.78, 5) is 7.92. The molecule has 0 bridgehead atoms. The summed E-state index contributed by atoms with van der Waals surface area (Å²) in [6.45, 7) is -1.15. The molecular weight excluding hydrogens is 235 g/mol. The first kappa shape index (κ1) is 13.3. The Morgan fingerprint density at radius 2 is 1.94 bits per heavy atom. The number of nitrogens with one attached hydrogen (secondary N) is 1. The van der Waals surface area contributed by atoms with Gasteiger partial charge in [-0.15, -0.1) is 0 Å². The van der Waals surface area contributed by atoms with E-state index >= 15 is 0 Å². The summed E-state index contributed by atoms with van der Waals surface area (Å²) >= 11 is 0. The molecule has 3 N–H and O–H groups in total. The molecule has 0 unspecified atom stereocenters. The normalized spacial score (nSPS) is 12.5. The fourth-order valence-electron chi connectivity index (χ4n) is 0.984. The van der Waals surface area contributed by atoms with Crippen molar-refractivity contribution < 1.29 is 18.0 Å². The van der Waals surface area contributed by atoms with Gasteiger partial charge in [0.1, 0.15) is 0 Å². The third-order valence-electron chi connectivity index (χ3n) is 1.69. The van der Waals surface area contributed by atoms with Gasteiger partial charge in [0.15, 0.2) is 6.61 Å². The zero-order valence-corrected chi connectivity index (χ0v) is 8.87. The molecule has 4 nitrogen and oxygen atoms in total. The molecule has 1 aromatic carbocycles. The topological polar surface area (TPSA) is 59.6 Å². The van der Waals surface area contributed by atoms with Crippen LogP contribution in [-0.2, 0) is 11.4 Å². The van der Waals surface area contributed by atoms with Crippen LogP contribution in [0, 0.1) is 0 Å². The minimum absolute atomic E-state index is 0.196. The van der Waals surface area contributed by atoms with Gasteiger partial charge in [0.05, 0.1) is 6.54 Å². The molecule has 7 heteroatoms. The van der Waals surface area contributed by atoms with E-state index in [1.54, 1.807) is 0 Å². The second kappa shape index (κ2) is 6.09. The Bertz CT molecular complexity index is 365. The van der Waals surface area contributed by atoms with Gasteiger partial charge in [-0.05, 0) is 5.56 Å². The largest absolute Gasteiger partial charge is 0.414 e. The maximum Gasteiger partial charge on any atom is 0.414 e. The second-order valence-corrected chi connectivity index (χ2v) is 3.19. The molecule has 0 spiro atoms. The van der Waals surface area contributed by atoms with Crippen molar-refractivity contribution in [3.05, 3.63) is 35.9 Å². The number of aliphatic imine (C=N–C) groups is 1. The van der Waals surface area contributed by atoms with Gasteiger partial charge in [-0.2, -0.15) is 13.2 Å². The minimum Gasteiger partial charge on any atom is -0.368 e. The molecule has 0 aliphatic heterocycles. The van der Waals surface area contributed by atoms with E-state index in [1.165, 1.54) is 0 Å². The average molecular weight is 247 g/mol. The predicted octanol–water partition coefficient (Wildman–Crippen LogP) is 1.58. The number of halogens is 3. The highest BCUT2D eigenvalue weighted by Crippen LogP contribution is 2.13. The van der Waals surface area contributed by atoms with Crippen molar-refractivity contribution in [2.75, 3.05) is 6.61 Å². The van der Waals surface area contributed by atoms with Crippen LogP contribution in [0.3, 0.4) is 0 Å². The molecule has 0 saturated heterocycles. The van der Waals surface area contributed by atoms with Crippen molar-refractivity contribution in [3.8, 4) is 0 Å². The van der Waals surface area contributed by atoms with E-state index in [2.05, 4.69) is 9.83 Å². The number of alkyl halides is 3. The number of nitrogens with two attached hydrogens (primary N) is 1. The average Bonchev–Trinajstić information content (AvgIpc) is 2.26. The van der Waals surface area contributed by atoms with Crippen LogP contribution in [-0.4, -0.2) is 18.7 Å². The van der Waals surface area contributed by atoms with Gasteiger partial charge in [0.2, 0.25) is 5.96 Å². The maximum absolute atomic E-state index is 11.7. The molecule has 1 rings (SSSR count). The number of guanidine groups is 1. The van der Waals surface area contributed by atoms with Crippen LogP contribution in [0.1, 0.15) is 5.56 Å². The lowest BCUT2D eigenvalue weighted by Gasteiger charge is -2.08. The molecule has 94 valence electrons. The zero-order valence-electron chi connectivity index (χ0n) is 8.87. The number of rotatable bonds is 4. The molecule has 0 radical (unpaired) electrons. The zero-order chi connectivity index (χ0) is 12.7. The minimum atomic E-state index is -4.40. The summed E-state index contributed by atoms with van der Waals surface area (Å²) in [6, 6.07) is 9.16. The molecular formula is C10H12F3N3O. The quantitative estimate of drug-likeness (QED) is 0.482. The van der Waals surface area contributed by atoms with Crippen LogP contribution >= 0.6 is 0 Å². The van der Waals surface area contributed by atoms with Crippen molar-refractivity contribution >= 4 is 5.96 Å². The first-order valence-corrected chi connectivity index (χ1v) is 4.76. The summed E-state index contributed by atoms with van der Waals surface area (Å²) in [5, 5.41) is 0. The maximum atomic E-state index is 11.7. The molecule has 0 heterocycles. The Morgan fingerprint density at radius 1 is 1.29 bits per heavy atom. The Kier molecular flexibility index (Phi) is 4.77. The SMILES string of the molecule is NC(=NCc1ccccc1)NOCC(F)(F)F. The Morgan fingerprint density at radius 3 is 2.53 bits per heavy atom. The Balaban J connectivity index is 2.30.